The fourth-order valence-electron chi connectivity index (χ4n) is 6.75. The first kappa shape index (κ1) is 16.3. The van der Waals surface area contributed by atoms with Gasteiger partial charge in [-0.25, -0.2) is 0 Å². The lowest BCUT2D eigenvalue weighted by atomic mass is 9.49. The summed E-state index contributed by atoms with van der Waals surface area (Å²) in [6, 6.07) is 0. The Balaban J connectivity index is 1.70. The molecule has 2 saturated carbocycles. The van der Waals surface area contributed by atoms with Gasteiger partial charge in [-0.3, -0.25) is 4.79 Å². The topological polar surface area (TPSA) is 37.3 Å². The predicted octanol–water partition coefficient (Wildman–Crippen LogP) is 4.31. The molecule has 2 fully saturated rings. The molecule has 7 atom stereocenters. The van der Waals surface area contributed by atoms with Crippen molar-refractivity contribution >= 4 is 5.78 Å². The predicted molar refractivity (Wildman–Crippen MR) is 96.3 cm³/mol. The Morgan fingerprint density at radius 3 is 2.75 bits per heavy atom. The SMILES string of the molecule is CC(CO)[C@H]1CC[C@H]2[C@@H]3C=CC4=CC(=O)C=C[C@]4(C)[C@H]3CC[C@]12C. The second kappa shape index (κ2) is 5.42. The summed E-state index contributed by atoms with van der Waals surface area (Å²) in [6.07, 6.45) is 15.5. The van der Waals surface area contributed by atoms with E-state index in [-0.39, 0.29) is 11.2 Å². The molecule has 0 aromatic heterocycles. The Hall–Kier alpha value is -1.15. The average molecular weight is 326 g/mol. The van der Waals surface area contributed by atoms with Crippen molar-refractivity contribution in [2.45, 2.75) is 46.5 Å². The highest BCUT2D eigenvalue weighted by atomic mass is 16.3. The van der Waals surface area contributed by atoms with Crippen LogP contribution in [0.2, 0.25) is 0 Å². The van der Waals surface area contributed by atoms with Crippen LogP contribution in [0.15, 0.2) is 36.0 Å². The highest BCUT2D eigenvalue weighted by Crippen LogP contribution is 2.65. The summed E-state index contributed by atoms with van der Waals surface area (Å²) in [4.78, 5) is 11.8. The molecular formula is C22H30O2. The molecule has 0 radical (unpaired) electrons. The molecular weight excluding hydrogens is 296 g/mol. The van der Waals surface area contributed by atoms with E-state index in [4.69, 9.17) is 0 Å². The summed E-state index contributed by atoms with van der Waals surface area (Å²) in [5.41, 5.74) is 1.59. The van der Waals surface area contributed by atoms with E-state index in [1.807, 2.05) is 6.08 Å². The zero-order valence-electron chi connectivity index (χ0n) is 15.2. The highest BCUT2D eigenvalue weighted by Gasteiger charge is 2.58. The zero-order chi connectivity index (χ0) is 17.1. The fourth-order valence-corrected chi connectivity index (χ4v) is 6.75. The highest BCUT2D eigenvalue weighted by molar-refractivity contribution is 6.01. The lowest BCUT2D eigenvalue weighted by Gasteiger charge is -2.55. The number of carbonyl (C=O) groups excluding carboxylic acids is 1. The van der Waals surface area contributed by atoms with Gasteiger partial charge < -0.3 is 5.11 Å². The summed E-state index contributed by atoms with van der Waals surface area (Å²) in [5.74, 6) is 3.12. The molecule has 4 rings (SSSR count). The number of hydrogen-bond acceptors (Lipinski definition) is 2. The van der Waals surface area contributed by atoms with Crippen LogP contribution in [0.1, 0.15) is 46.5 Å². The van der Waals surface area contributed by atoms with Crippen molar-refractivity contribution < 1.29 is 9.90 Å². The molecule has 130 valence electrons. The number of ketones is 1. The molecule has 0 aromatic carbocycles. The average Bonchev–Trinajstić information content (AvgIpc) is 2.92. The van der Waals surface area contributed by atoms with Crippen molar-refractivity contribution in [1.29, 1.82) is 0 Å². The molecule has 0 heterocycles. The molecule has 4 aliphatic rings. The van der Waals surface area contributed by atoms with Crippen LogP contribution in [0.4, 0.5) is 0 Å². The largest absolute Gasteiger partial charge is 0.396 e. The summed E-state index contributed by atoms with van der Waals surface area (Å²) in [5, 5.41) is 9.69. The fraction of sp³-hybridized carbons (Fsp3) is 0.682. The molecule has 1 N–H and O–H groups in total. The Kier molecular flexibility index (Phi) is 3.69. The zero-order valence-corrected chi connectivity index (χ0v) is 15.2. The Bertz CT molecular complexity index is 642. The van der Waals surface area contributed by atoms with Gasteiger partial charge in [0.05, 0.1) is 0 Å². The van der Waals surface area contributed by atoms with E-state index in [9.17, 15) is 9.90 Å². The number of fused-ring (bicyclic) bond motifs is 5. The van der Waals surface area contributed by atoms with Gasteiger partial charge in [0.25, 0.3) is 0 Å². The van der Waals surface area contributed by atoms with Crippen molar-refractivity contribution in [1.82, 2.24) is 0 Å². The van der Waals surface area contributed by atoms with Crippen LogP contribution in [0.5, 0.6) is 0 Å². The smallest absolute Gasteiger partial charge is 0.178 e. The molecule has 0 spiro atoms. The van der Waals surface area contributed by atoms with Crippen molar-refractivity contribution in [3.63, 3.8) is 0 Å². The summed E-state index contributed by atoms with van der Waals surface area (Å²) >= 11 is 0. The lowest BCUT2D eigenvalue weighted by molar-refractivity contribution is -0.110. The molecule has 0 aromatic rings. The molecule has 0 amide bonds. The molecule has 0 bridgehead atoms. The summed E-state index contributed by atoms with van der Waals surface area (Å²) < 4.78 is 0. The van der Waals surface area contributed by atoms with Gasteiger partial charge in [0.2, 0.25) is 0 Å². The number of aliphatic hydroxyl groups is 1. The molecule has 24 heavy (non-hydrogen) atoms. The second-order valence-corrected chi connectivity index (χ2v) is 9.16. The van der Waals surface area contributed by atoms with E-state index in [1.54, 1.807) is 6.08 Å². The van der Waals surface area contributed by atoms with E-state index >= 15 is 0 Å². The third-order valence-electron chi connectivity index (χ3n) is 8.16. The quantitative estimate of drug-likeness (QED) is 0.821. The molecule has 0 saturated heterocycles. The lowest BCUT2D eigenvalue weighted by Crippen LogP contribution is -2.48. The van der Waals surface area contributed by atoms with Gasteiger partial charge >= 0.3 is 0 Å². The number of hydrogen-bond donors (Lipinski definition) is 1. The molecule has 2 heteroatoms. The minimum Gasteiger partial charge on any atom is -0.396 e. The summed E-state index contributed by atoms with van der Waals surface area (Å²) in [6.45, 7) is 7.35. The minimum atomic E-state index is 0.0232. The van der Waals surface area contributed by atoms with Crippen LogP contribution < -0.4 is 0 Å². The minimum absolute atomic E-state index is 0.0232. The van der Waals surface area contributed by atoms with Crippen molar-refractivity contribution in [2.75, 3.05) is 6.61 Å². The van der Waals surface area contributed by atoms with Gasteiger partial charge in [0.1, 0.15) is 0 Å². The van der Waals surface area contributed by atoms with Crippen molar-refractivity contribution in [2.24, 2.45) is 40.4 Å². The van der Waals surface area contributed by atoms with Gasteiger partial charge in [0.15, 0.2) is 5.78 Å². The Morgan fingerprint density at radius 2 is 2.00 bits per heavy atom. The standard InChI is InChI=1S/C22H30O2/c1-14(13-23)18-6-7-19-17-5-4-15-12-16(24)8-10-21(15,2)20(17)9-11-22(18,19)3/h4-5,8,10,12,14,17-20,23H,6-7,9,11,13H2,1-3H3/t14?,17-,18+,19-,20-,21-,22+/m0/s1. The first-order valence-corrected chi connectivity index (χ1v) is 9.64. The van der Waals surface area contributed by atoms with Gasteiger partial charge in [0, 0.05) is 12.0 Å². The van der Waals surface area contributed by atoms with Gasteiger partial charge in [-0.15, -0.1) is 0 Å². The molecule has 2 nitrogen and oxygen atoms in total. The van der Waals surface area contributed by atoms with Gasteiger partial charge in [-0.1, -0.05) is 39.0 Å². The first-order chi connectivity index (χ1) is 11.4. The third-order valence-corrected chi connectivity index (χ3v) is 8.16. The molecule has 0 aliphatic heterocycles. The van der Waals surface area contributed by atoms with E-state index in [1.165, 1.54) is 31.3 Å². The van der Waals surface area contributed by atoms with Crippen molar-refractivity contribution in [3.8, 4) is 0 Å². The van der Waals surface area contributed by atoms with E-state index < -0.39 is 0 Å². The number of allylic oxidation sites excluding steroid dienone is 6. The van der Waals surface area contributed by atoms with E-state index in [0.29, 0.717) is 35.7 Å². The molecule has 1 unspecified atom stereocenters. The van der Waals surface area contributed by atoms with Gasteiger partial charge in [-0.2, -0.15) is 0 Å². The van der Waals surface area contributed by atoms with Crippen LogP contribution in [0.3, 0.4) is 0 Å². The van der Waals surface area contributed by atoms with E-state index in [2.05, 4.69) is 39.0 Å². The molecule has 4 aliphatic carbocycles. The van der Waals surface area contributed by atoms with Gasteiger partial charge in [-0.05, 0) is 78.4 Å². The first-order valence-electron chi connectivity index (χ1n) is 9.64. The number of aliphatic hydroxyl groups excluding tert-OH is 1. The van der Waals surface area contributed by atoms with Crippen LogP contribution >= 0.6 is 0 Å². The maximum absolute atomic E-state index is 11.8. The summed E-state index contributed by atoms with van der Waals surface area (Å²) in [7, 11) is 0. The van der Waals surface area contributed by atoms with Crippen LogP contribution in [0.25, 0.3) is 0 Å². The van der Waals surface area contributed by atoms with Crippen LogP contribution in [-0.2, 0) is 4.79 Å². The number of carbonyl (C=O) groups is 1. The second-order valence-electron chi connectivity index (χ2n) is 9.16. The Morgan fingerprint density at radius 1 is 1.21 bits per heavy atom. The Labute approximate surface area is 145 Å². The normalized spacial score (nSPS) is 47.7. The number of rotatable bonds is 2. The van der Waals surface area contributed by atoms with Crippen LogP contribution in [-0.4, -0.2) is 17.5 Å². The third kappa shape index (κ3) is 2.08. The monoisotopic (exact) mass is 326 g/mol. The van der Waals surface area contributed by atoms with Crippen LogP contribution in [0, 0.1) is 40.4 Å². The maximum Gasteiger partial charge on any atom is 0.178 e. The van der Waals surface area contributed by atoms with E-state index in [0.717, 1.165) is 5.92 Å². The maximum atomic E-state index is 11.8. The van der Waals surface area contributed by atoms with Crippen molar-refractivity contribution in [3.05, 3.63) is 36.0 Å².